The molecule has 1 saturated heterocycles. The maximum absolute atomic E-state index is 11.9. The summed E-state index contributed by atoms with van der Waals surface area (Å²) in [5.41, 5.74) is 2.02. The number of carbonyl (C=O) groups excluding carboxylic acids is 1. The van der Waals surface area contributed by atoms with Crippen molar-refractivity contribution < 1.29 is 19.4 Å². The van der Waals surface area contributed by atoms with Crippen molar-refractivity contribution in [2.24, 2.45) is 0 Å². The van der Waals surface area contributed by atoms with E-state index in [1.807, 2.05) is 24.1 Å². The van der Waals surface area contributed by atoms with Crippen molar-refractivity contribution in [2.45, 2.75) is 13.5 Å². The zero-order valence-electron chi connectivity index (χ0n) is 20.0. The maximum Gasteiger partial charge on any atom is 0.341 e. The highest BCUT2D eigenvalue weighted by molar-refractivity contribution is 7.19. The fraction of sp³-hybridized carbons (Fsp3) is 0.320. The molecular formula is C25H26N6O4S. The minimum atomic E-state index is -0.435. The third-order valence-electron chi connectivity index (χ3n) is 5.72. The van der Waals surface area contributed by atoms with E-state index in [1.165, 1.54) is 12.4 Å². The molecular weight excluding hydrogens is 480 g/mol. The van der Waals surface area contributed by atoms with E-state index in [1.54, 1.807) is 30.4 Å². The fourth-order valence-corrected chi connectivity index (χ4v) is 5.08. The first-order valence-corrected chi connectivity index (χ1v) is 12.5. The molecule has 1 aromatic carbocycles. The summed E-state index contributed by atoms with van der Waals surface area (Å²) < 4.78 is 11.6. The first-order valence-electron chi connectivity index (χ1n) is 11.6. The van der Waals surface area contributed by atoms with E-state index in [-0.39, 0.29) is 5.75 Å². The van der Waals surface area contributed by atoms with Crippen LogP contribution < -0.4 is 9.80 Å². The number of esters is 1. The third kappa shape index (κ3) is 5.07. The summed E-state index contributed by atoms with van der Waals surface area (Å²) in [5.74, 6) is 1.77. The van der Waals surface area contributed by atoms with Crippen molar-refractivity contribution in [3.63, 3.8) is 0 Å². The van der Waals surface area contributed by atoms with E-state index in [0.717, 1.165) is 39.6 Å². The smallest absolute Gasteiger partial charge is 0.341 e. The zero-order chi connectivity index (χ0) is 25.1. The van der Waals surface area contributed by atoms with E-state index in [2.05, 4.69) is 20.9 Å². The third-order valence-corrected chi connectivity index (χ3v) is 6.83. The number of morpholine rings is 1. The summed E-state index contributed by atoms with van der Waals surface area (Å²) in [6, 6.07) is 8.98. The Kier molecular flexibility index (Phi) is 6.92. The Morgan fingerprint density at radius 1 is 1.17 bits per heavy atom. The van der Waals surface area contributed by atoms with Crippen LogP contribution >= 0.6 is 11.3 Å². The normalized spacial score (nSPS) is 13.7. The Balaban J connectivity index is 1.45. The summed E-state index contributed by atoms with van der Waals surface area (Å²) in [5, 5.41) is 9.68. The first-order chi connectivity index (χ1) is 17.5. The Morgan fingerprint density at radius 3 is 2.58 bits per heavy atom. The molecule has 0 aliphatic carbocycles. The van der Waals surface area contributed by atoms with Crippen LogP contribution in [0.5, 0.6) is 5.75 Å². The molecule has 11 heteroatoms. The van der Waals surface area contributed by atoms with Crippen molar-refractivity contribution in [2.75, 3.05) is 49.8 Å². The molecule has 186 valence electrons. The molecule has 0 unspecified atom stereocenters. The highest BCUT2D eigenvalue weighted by Crippen LogP contribution is 2.35. The van der Waals surface area contributed by atoms with Gasteiger partial charge in [-0.3, -0.25) is 0 Å². The summed E-state index contributed by atoms with van der Waals surface area (Å²) in [6.45, 7) is 5.45. The largest absolute Gasteiger partial charge is 0.508 e. The Bertz CT molecular complexity index is 1350. The quantitative estimate of drug-likeness (QED) is 0.374. The van der Waals surface area contributed by atoms with Gasteiger partial charge in [0.15, 0.2) is 11.6 Å². The second-order valence-corrected chi connectivity index (χ2v) is 9.43. The number of carbonyl (C=O) groups is 1. The number of ether oxygens (including phenoxy) is 2. The van der Waals surface area contributed by atoms with E-state index < -0.39 is 5.97 Å². The van der Waals surface area contributed by atoms with Crippen LogP contribution in [0.4, 0.5) is 11.8 Å². The van der Waals surface area contributed by atoms with Crippen LogP contribution in [0.25, 0.3) is 21.6 Å². The van der Waals surface area contributed by atoms with E-state index >= 15 is 0 Å². The molecule has 0 radical (unpaired) electrons. The van der Waals surface area contributed by atoms with E-state index in [4.69, 9.17) is 19.4 Å². The van der Waals surface area contributed by atoms with Gasteiger partial charge in [0.25, 0.3) is 0 Å². The monoisotopic (exact) mass is 506 g/mol. The summed E-state index contributed by atoms with van der Waals surface area (Å²) in [7, 11) is 1.90. The minimum Gasteiger partial charge on any atom is -0.508 e. The SMILES string of the molecule is CCOC(=O)c1cnc(N(C)Cc2cc3nc(-c4ccc(O)cc4)nc(N4CCOCC4)c3s2)nc1. The van der Waals surface area contributed by atoms with Crippen LogP contribution in [0.15, 0.2) is 42.7 Å². The van der Waals surface area contributed by atoms with Gasteiger partial charge in [0.05, 0.1) is 42.1 Å². The number of nitrogens with zero attached hydrogens (tertiary/aromatic N) is 6. The number of hydrogen-bond acceptors (Lipinski definition) is 11. The van der Waals surface area contributed by atoms with Crippen molar-refractivity contribution in [3.8, 4) is 17.1 Å². The molecule has 1 N–H and O–H groups in total. The molecule has 4 heterocycles. The number of anilines is 2. The number of hydrogen-bond donors (Lipinski definition) is 1. The van der Waals surface area contributed by atoms with Crippen LogP contribution in [0, 0.1) is 0 Å². The Morgan fingerprint density at radius 2 is 1.89 bits per heavy atom. The molecule has 1 aliphatic heterocycles. The van der Waals surface area contributed by atoms with Crippen LogP contribution in [0.3, 0.4) is 0 Å². The van der Waals surface area contributed by atoms with Gasteiger partial charge in [0.2, 0.25) is 5.95 Å². The molecule has 0 saturated carbocycles. The standard InChI is InChI=1S/C25H26N6O4S/c1-3-35-24(33)17-13-26-25(27-14-17)30(2)15-19-12-20-21(36-19)23(31-8-10-34-11-9-31)29-22(28-20)16-4-6-18(32)7-5-16/h4-7,12-14,32H,3,8-11,15H2,1-2H3. The fourth-order valence-electron chi connectivity index (χ4n) is 3.91. The van der Waals surface area contributed by atoms with Crippen molar-refractivity contribution >= 4 is 39.3 Å². The second kappa shape index (κ2) is 10.4. The van der Waals surface area contributed by atoms with Gasteiger partial charge < -0.3 is 24.4 Å². The summed E-state index contributed by atoms with van der Waals surface area (Å²) in [6.07, 6.45) is 2.96. The van der Waals surface area contributed by atoms with Gasteiger partial charge in [-0.25, -0.2) is 24.7 Å². The summed E-state index contributed by atoms with van der Waals surface area (Å²) in [4.78, 5) is 35.5. The lowest BCUT2D eigenvalue weighted by Gasteiger charge is -2.28. The van der Waals surface area contributed by atoms with Crippen LogP contribution in [-0.4, -0.2) is 71.0 Å². The lowest BCUT2D eigenvalue weighted by atomic mass is 10.2. The Hall–Kier alpha value is -3.83. The van der Waals surface area contributed by atoms with Gasteiger partial charge in [-0.15, -0.1) is 11.3 Å². The molecule has 36 heavy (non-hydrogen) atoms. The number of fused-ring (bicyclic) bond motifs is 1. The van der Waals surface area contributed by atoms with E-state index in [9.17, 15) is 9.90 Å². The topological polar surface area (TPSA) is 114 Å². The van der Waals surface area contributed by atoms with Gasteiger partial charge in [-0.1, -0.05) is 0 Å². The van der Waals surface area contributed by atoms with Crippen LogP contribution in [0.1, 0.15) is 22.2 Å². The average molecular weight is 507 g/mol. The molecule has 0 atom stereocenters. The number of aromatic hydroxyl groups is 1. The average Bonchev–Trinajstić information content (AvgIpc) is 3.31. The molecule has 10 nitrogen and oxygen atoms in total. The maximum atomic E-state index is 11.9. The van der Waals surface area contributed by atoms with Crippen molar-refractivity contribution in [1.29, 1.82) is 0 Å². The van der Waals surface area contributed by atoms with Gasteiger partial charge in [0, 0.05) is 43.0 Å². The van der Waals surface area contributed by atoms with Gasteiger partial charge in [0.1, 0.15) is 5.75 Å². The molecule has 5 rings (SSSR count). The number of aromatic nitrogens is 4. The number of thiophene rings is 1. The van der Waals surface area contributed by atoms with Gasteiger partial charge >= 0.3 is 5.97 Å². The number of phenols is 1. The zero-order valence-corrected chi connectivity index (χ0v) is 20.9. The first kappa shape index (κ1) is 23.9. The molecule has 4 aromatic rings. The summed E-state index contributed by atoms with van der Waals surface area (Å²) >= 11 is 1.64. The lowest BCUT2D eigenvalue weighted by Crippen LogP contribution is -2.36. The minimum absolute atomic E-state index is 0.201. The Labute approximate surface area is 212 Å². The van der Waals surface area contributed by atoms with Gasteiger partial charge in [-0.2, -0.15) is 0 Å². The second-order valence-electron chi connectivity index (χ2n) is 8.29. The van der Waals surface area contributed by atoms with Crippen molar-refractivity contribution in [1.82, 2.24) is 19.9 Å². The molecule has 1 fully saturated rings. The predicted octanol–water partition coefficient (Wildman–Crippen LogP) is 3.50. The number of benzene rings is 1. The molecule has 0 bridgehead atoms. The van der Waals surface area contributed by atoms with Gasteiger partial charge in [-0.05, 0) is 37.3 Å². The van der Waals surface area contributed by atoms with Crippen LogP contribution in [0.2, 0.25) is 0 Å². The highest BCUT2D eigenvalue weighted by atomic mass is 32.1. The lowest BCUT2D eigenvalue weighted by molar-refractivity contribution is 0.0525. The van der Waals surface area contributed by atoms with E-state index in [0.29, 0.717) is 43.7 Å². The number of phenolic OH excluding ortho intramolecular Hbond substituents is 1. The molecule has 1 aliphatic rings. The molecule has 0 amide bonds. The molecule has 0 spiro atoms. The van der Waals surface area contributed by atoms with Crippen LogP contribution in [-0.2, 0) is 16.0 Å². The molecule has 3 aromatic heterocycles. The highest BCUT2D eigenvalue weighted by Gasteiger charge is 2.21. The van der Waals surface area contributed by atoms with Crippen molar-refractivity contribution in [3.05, 3.63) is 53.2 Å². The predicted molar refractivity (Wildman–Crippen MR) is 138 cm³/mol. The number of rotatable bonds is 7.